The summed E-state index contributed by atoms with van der Waals surface area (Å²) in [5.74, 6) is -0.973. The Balaban J connectivity index is 2.48. The van der Waals surface area contributed by atoms with Crippen molar-refractivity contribution in [2.24, 2.45) is 0 Å². The highest BCUT2D eigenvalue weighted by Gasteiger charge is 2.45. The lowest BCUT2D eigenvalue weighted by Crippen LogP contribution is -2.45. The van der Waals surface area contributed by atoms with Crippen LogP contribution < -0.4 is 0 Å². The van der Waals surface area contributed by atoms with Gasteiger partial charge in [0.05, 0.1) is 0 Å². The van der Waals surface area contributed by atoms with Gasteiger partial charge in [0.1, 0.15) is 0 Å². The van der Waals surface area contributed by atoms with E-state index < -0.39 is 11.6 Å². The van der Waals surface area contributed by atoms with Crippen molar-refractivity contribution in [3.63, 3.8) is 0 Å². The van der Waals surface area contributed by atoms with Crippen molar-refractivity contribution >= 4 is 5.97 Å². The zero-order chi connectivity index (χ0) is 13.3. The molecule has 1 aliphatic carbocycles. The van der Waals surface area contributed by atoms with Crippen LogP contribution in [0.25, 0.3) is 0 Å². The van der Waals surface area contributed by atoms with Gasteiger partial charge in [-0.1, -0.05) is 38.1 Å². The molecule has 3 nitrogen and oxygen atoms in total. The number of fused-ring (bicyclic) bond motifs is 1. The molecule has 0 saturated carbocycles. The molecule has 0 saturated heterocycles. The van der Waals surface area contributed by atoms with Crippen molar-refractivity contribution in [2.45, 2.75) is 50.5 Å². The summed E-state index contributed by atoms with van der Waals surface area (Å²) in [5, 5.41) is 19.8. The van der Waals surface area contributed by atoms with Crippen LogP contribution in [0.2, 0.25) is 0 Å². The monoisotopic (exact) mass is 248 g/mol. The first-order valence-electron chi connectivity index (χ1n) is 6.55. The number of aliphatic hydroxyl groups is 1. The molecule has 2 rings (SSSR count). The molecule has 1 aliphatic rings. The van der Waals surface area contributed by atoms with Gasteiger partial charge < -0.3 is 10.2 Å². The van der Waals surface area contributed by atoms with Crippen molar-refractivity contribution in [2.75, 3.05) is 0 Å². The molecule has 0 heterocycles. The average Bonchev–Trinajstić information content (AvgIpc) is 2.38. The Labute approximate surface area is 107 Å². The van der Waals surface area contributed by atoms with E-state index in [1.54, 1.807) is 6.92 Å². The molecule has 0 radical (unpaired) electrons. The zero-order valence-electron chi connectivity index (χ0n) is 10.9. The molecule has 1 aromatic rings. The Kier molecular flexibility index (Phi) is 3.44. The summed E-state index contributed by atoms with van der Waals surface area (Å²) >= 11 is 0. The summed E-state index contributed by atoms with van der Waals surface area (Å²) in [5.41, 5.74) is 0.542. The van der Waals surface area contributed by atoms with E-state index in [0.717, 1.165) is 18.4 Å². The molecular weight excluding hydrogens is 228 g/mol. The molecule has 18 heavy (non-hydrogen) atoms. The molecule has 98 valence electrons. The lowest BCUT2D eigenvalue weighted by Gasteiger charge is -2.38. The first-order valence-corrected chi connectivity index (χ1v) is 6.55. The largest absolute Gasteiger partial charge is 0.479 e. The van der Waals surface area contributed by atoms with E-state index >= 15 is 0 Å². The van der Waals surface area contributed by atoms with E-state index in [1.807, 2.05) is 24.3 Å². The summed E-state index contributed by atoms with van der Waals surface area (Å²) in [6.07, 6.45) is 1.89. The van der Waals surface area contributed by atoms with Gasteiger partial charge >= 0.3 is 5.97 Å². The molecule has 0 aromatic heterocycles. The second-order valence-electron chi connectivity index (χ2n) is 5.24. The predicted octanol–water partition coefficient (Wildman–Crippen LogP) is 2.89. The number of carbonyl (C=O) groups is 1. The van der Waals surface area contributed by atoms with Crippen LogP contribution in [0.4, 0.5) is 0 Å². The summed E-state index contributed by atoms with van der Waals surface area (Å²) < 4.78 is 0. The maximum atomic E-state index is 11.4. The summed E-state index contributed by atoms with van der Waals surface area (Å²) in [6.45, 7) is 3.88. The minimum atomic E-state index is -1.64. The Morgan fingerprint density at radius 2 is 1.94 bits per heavy atom. The van der Waals surface area contributed by atoms with E-state index in [0.29, 0.717) is 5.92 Å². The number of hydrogen-bond acceptors (Lipinski definition) is 2. The molecule has 3 unspecified atom stereocenters. The molecule has 0 spiro atoms. The predicted molar refractivity (Wildman–Crippen MR) is 69.7 cm³/mol. The van der Waals surface area contributed by atoms with Crippen LogP contribution in [-0.4, -0.2) is 21.8 Å². The molecule has 0 amide bonds. The van der Waals surface area contributed by atoms with Gasteiger partial charge in [-0.25, -0.2) is 4.79 Å². The fourth-order valence-corrected chi connectivity index (χ4v) is 3.05. The molecule has 2 N–H and O–H groups in total. The zero-order valence-corrected chi connectivity index (χ0v) is 10.9. The lowest BCUT2D eigenvalue weighted by molar-refractivity contribution is -0.162. The summed E-state index contributed by atoms with van der Waals surface area (Å²) in [4.78, 5) is 11.4. The third-order valence-electron chi connectivity index (χ3n) is 4.28. The Morgan fingerprint density at radius 1 is 1.33 bits per heavy atom. The van der Waals surface area contributed by atoms with E-state index in [1.165, 1.54) is 5.56 Å². The number of benzene rings is 1. The van der Waals surface area contributed by atoms with Gasteiger partial charge in [-0.3, -0.25) is 0 Å². The number of aliphatic carboxylic acids is 1. The molecule has 3 heteroatoms. The van der Waals surface area contributed by atoms with Crippen molar-refractivity contribution in [3.05, 3.63) is 35.4 Å². The second-order valence-corrected chi connectivity index (χ2v) is 5.24. The van der Waals surface area contributed by atoms with Gasteiger partial charge in [-0.05, 0) is 36.3 Å². The van der Waals surface area contributed by atoms with Crippen molar-refractivity contribution in [3.8, 4) is 0 Å². The van der Waals surface area contributed by atoms with Crippen LogP contribution in [0.5, 0.6) is 0 Å². The second kappa shape index (κ2) is 4.73. The lowest BCUT2D eigenvalue weighted by atomic mass is 9.69. The van der Waals surface area contributed by atoms with Crippen LogP contribution >= 0.6 is 0 Å². The quantitative estimate of drug-likeness (QED) is 0.864. The van der Waals surface area contributed by atoms with Gasteiger partial charge in [0.25, 0.3) is 0 Å². The standard InChI is InChI=1S/C15H20O3/c1-3-15(18,14(16)17)13-9-8-10(2)11-6-4-5-7-12(11)13/h4-7,10,13,18H,3,8-9H2,1-2H3,(H,16,17). The Morgan fingerprint density at radius 3 is 2.50 bits per heavy atom. The van der Waals surface area contributed by atoms with Gasteiger partial charge in [0, 0.05) is 5.92 Å². The normalized spacial score (nSPS) is 26.2. The highest BCUT2D eigenvalue weighted by atomic mass is 16.4. The highest BCUT2D eigenvalue weighted by molar-refractivity contribution is 5.79. The number of hydrogen-bond donors (Lipinski definition) is 2. The van der Waals surface area contributed by atoms with E-state index in [9.17, 15) is 15.0 Å². The fourth-order valence-electron chi connectivity index (χ4n) is 3.05. The topological polar surface area (TPSA) is 57.5 Å². The SMILES string of the molecule is CCC(O)(C(=O)O)C1CCC(C)c2ccccc21. The van der Waals surface area contributed by atoms with Gasteiger partial charge in [-0.15, -0.1) is 0 Å². The van der Waals surface area contributed by atoms with Gasteiger partial charge in [0.15, 0.2) is 5.60 Å². The van der Waals surface area contributed by atoms with Crippen molar-refractivity contribution < 1.29 is 15.0 Å². The highest BCUT2D eigenvalue weighted by Crippen LogP contribution is 2.44. The van der Waals surface area contributed by atoms with Crippen LogP contribution in [0.15, 0.2) is 24.3 Å². The van der Waals surface area contributed by atoms with Gasteiger partial charge in [0.2, 0.25) is 0 Å². The van der Waals surface area contributed by atoms with E-state index in [2.05, 4.69) is 6.92 Å². The third kappa shape index (κ3) is 1.93. The first kappa shape index (κ1) is 13.1. The molecule has 1 aromatic carbocycles. The van der Waals surface area contributed by atoms with Crippen LogP contribution in [0.3, 0.4) is 0 Å². The maximum absolute atomic E-state index is 11.4. The number of rotatable bonds is 3. The fraction of sp³-hybridized carbons (Fsp3) is 0.533. The van der Waals surface area contributed by atoms with Crippen LogP contribution in [0, 0.1) is 0 Å². The van der Waals surface area contributed by atoms with Crippen LogP contribution in [0.1, 0.15) is 56.1 Å². The van der Waals surface area contributed by atoms with Gasteiger partial charge in [-0.2, -0.15) is 0 Å². The van der Waals surface area contributed by atoms with Crippen LogP contribution in [-0.2, 0) is 4.79 Å². The first-order chi connectivity index (χ1) is 8.50. The molecule has 0 fully saturated rings. The minimum absolute atomic E-state index is 0.232. The average molecular weight is 248 g/mol. The minimum Gasteiger partial charge on any atom is -0.479 e. The number of carboxylic acid groups (broad SMARTS) is 1. The summed E-state index contributed by atoms with van der Waals surface area (Å²) in [6, 6.07) is 7.90. The number of carboxylic acids is 1. The molecule has 0 bridgehead atoms. The Hall–Kier alpha value is -1.35. The maximum Gasteiger partial charge on any atom is 0.336 e. The molecule has 3 atom stereocenters. The van der Waals surface area contributed by atoms with E-state index in [-0.39, 0.29) is 12.3 Å². The van der Waals surface area contributed by atoms with E-state index in [4.69, 9.17) is 0 Å². The Bertz CT molecular complexity index is 455. The van der Waals surface area contributed by atoms with Crippen molar-refractivity contribution in [1.82, 2.24) is 0 Å². The molecule has 0 aliphatic heterocycles. The smallest absolute Gasteiger partial charge is 0.336 e. The van der Waals surface area contributed by atoms with Crippen molar-refractivity contribution in [1.29, 1.82) is 0 Å². The summed E-state index contributed by atoms with van der Waals surface area (Å²) in [7, 11) is 0. The molecular formula is C15H20O3. The third-order valence-corrected chi connectivity index (χ3v) is 4.28.